The van der Waals surface area contributed by atoms with Crippen LogP contribution in [0.2, 0.25) is 0 Å². The highest BCUT2D eigenvalue weighted by Gasteiger charge is 2.20. The van der Waals surface area contributed by atoms with Gasteiger partial charge in [0.2, 0.25) is 11.8 Å². The van der Waals surface area contributed by atoms with E-state index in [0.717, 1.165) is 18.0 Å². The molecular formula is C14H19N3O2. The van der Waals surface area contributed by atoms with Crippen molar-refractivity contribution in [2.24, 2.45) is 11.7 Å². The lowest BCUT2D eigenvalue weighted by atomic mass is 10.1. The molecule has 1 aliphatic carbocycles. The van der Waals surface area contributed by atoms with Crippen molar-refractivity contribution in [1.29, 1.82) is 0 Å². The zero-order valence-electron chi connectivity index (χ0n) is 10.8. The van der Waals surface area contributed by atoms with Gasteiger partial charge in [-0.3, -0.25) is 9.59 Å². The highest BCUT2D eigenvalue weighted by atomic mass is 16.2. The molecule has 0 saturated heterocycles. The van der Waals surface area contributed by atoms with Crippen LogP contribution in [0.4, 0.5) is 0 Å². The van der Waals surface area contributed by atoms with Gasteiger partial charge in [-0.05, 0) is 43.0 Å². The van der Waals surface area contributed by atoms with Gasteiger partial charge in [0.1, 0.15) is 0 Å². The fourth-order valence-electron chi connectivity index (χ4n) is 1.76. The van der Waals surface area contributed by atoms with Crippen molar-refractivity contribution in [1.82, 2.24) is 10.6 Å². The van der Waals surface area contributed by atoms with E-state index in [-0.39, 0.29) is 5.91 Å². The first-order valence-electron chi connectivity index (χ1n) is 6.51. The van der Waals surface area contributed by atoms with Crippen LogP contribution in [0.15, 0.2) is 24.3 Å². The van der Waals surface area contributed by atoms with E-state index in [1.54, 1.807) is 24.3 Å². The van der Waals surface area contributed by atoms with E-state index in [1.807, 2.05) is 0 Å². The van der Waals surface area contributed by atoms with Crippen molar-refractivity contribution in [3.8, 4) is 0 Å². The molecule has 2 amide bonds. The van der Waals surface area contributed by atoms with E-state index in [2.05, 4.69) is 10.6 Å². The Morgan fingerprint density at radius 1 is 1.21 bits per heavy atom. The van der Waals surface area contributed by atoms with Crippen LogP contribution in [0.5, 0.6) is 0 Å². The van der Waals surface area contributed by atoms with Gasteiger partial charge in [0, 0.05) is 12.1 Å². The second-order valence-electron chi connectivity index (χ2n) is 4.91. The van der Waals surface area contributed by atoms with E-state index in [4.69, 9.17) is 5.73 Å². The molecule has 2 rings (SSSR count). The predicted molar refractivity (Wildman–Crippen MR) is 72.4 cm³/mol. The van der Waals surface area contributed by atoms with Crippen LogP contribution in [0.3, 0.4) is 0 Å². The molecule has 1 aromatic carbocycles. The molecule has 19 heavy (non-hydrogen) atoms. The number of nitrogens with two attached hydrogens (primary N) is 1. The van der Waals surface area contributed by atoms with Gasteiger partial charge in [0.15, 0.2) is 0 Å². The van der Waals surface area contributed by atoms with Crippen LogP contribution in [-0.4, -0.2) is 24.9 Å². The Labute approximate surface area is 112 Å². The fourth-order valence-corrected chi connectivity index (χ4v) is 1.76. The number of carbonyl (C=O) groups is 2. The molecule has 0 aliphatic heterocycles. The van der Waals surface area contributed by atoms with Gasteiger partial charge < -0.3 is 16.4 Å². The molecule has 0 unspecified atom stereocenters. The smallest absolute Gasteiger partial charge is 0.248 e. The number of primary amides is 1. The standard InChI is InChI=1S/C14H19N3O2/c15-14(19)12-5-3-11(4-6-12)8-17-13(18)9-16-7-10-1-2-10/h3-6,10,16H,1-2,7-9H2,(H2,15,19)(H,17,18). The lowest BCUT2D eigenvalue weighted by molar-refractivity contribution is -0.120. The van der Waals surface area contributed by atoms with E-state index >= 15 is 0 Å². The molecular weight excluding hydrogens is 242 g/mol. The number of hydrogen-bond donors (Lipinski definition) is 3. The molecule has 0 radical (unpaired) electrons. The van der Waals surface area contributed by atoms with Gasteiger partial charge in [-0.15, -0.1) is 0 Å². The normalized spacial score (nSPS) is 14.1. The van der Waals surface area contributed by atoms with E-state index < -0.39 is 5.91 Å². The van der Waals surface area contributed by atoms with Crippen LogP contribution < -0.4 is 16.4 Å². The number of nitrogens with one attached hydrogen (secondary N) is 2. The topological polar surface area (TPSA) is 84.2 Å². The maximum atomic E-state index is 11.5. The molecule has 0 atom stereocenters. The summed E-state index contributed by atoms with van der Waals surface area (Å²) in [5.41, 5.74) is 6.57. The molecule has 0 aromatic heterocycles. The van der Waals surface area contributed by atoms with Crippen LogP contribution in [0.25, 0.3) is 0 Å². The summed E-state index contributed by atoms with van der Waals surface area (Å²) in [6, 6.07) is 6.90. The summed E-state index contributed by atoms with van der Waals surface area (Å²) < 4.78 is 0. The van der Waals surface area contributed by atoms with Gasteiger partial charge in [-0.2, -0.15) is 0 Å². The van der Waals surface area contributed by atoms with Crippen molar-refractivity contribution >= 4 is 11.8 Å². The molecule has 0 heterocycles. The summed E-state index contributed by atoms with van der Waals surface area (Å²) in [4.78, 5) is 22.4. The molecule has 102 valence electrons. The highest BCUT2D eigenvalue weighted by molar-refractivity contribution is 5.92. The Morgan fingerprint density at radius 3 is 2.47 bits per heavy atom. The molecule has 4 N–H and O–H groups in total. The van der Waals surface area contributed by atoms with Crippen LogP contribution in [0.1, 0.15) is 28.8 Å². The summed E-state index contributed by atoms with van der Waals surface area (Å²) >= 11 is 0. The highest BCUT2D eigenvalue weighted by Crippen LogP contribution is 2.27. The third kappa shape index (κ3) is 4.71. The predicted octanol–water partition coefficient (Wildman–Crippen LogP) is 0.401. The van der Waals surface area contributed by atoms with Crippen molar-refractivity contribution in [2.75, 3.05) is 13.1 Å². The average Bonchev–Trinajstić information content (AvgIpc) is 3.21. The van der Waals surface area contributed by atoms with E-state index in [9.17, 15) is 9.59 Å². The molecule has 5 heteroatoms. The maximum absolute atomic E-state index is 11.5. The van der Waals surface area contributed by atoms with E-state index in [0.29, 0.717) is 18.7 Å². The second kappa shape index (κ2) is 6.33. The summed E-state index contributed by atoms with van der Waals surface area (Å²) in [7, 11) is 0. The first-order valence-corrected chi connectivity index (χ1v) is 6.51. The minimum Gasteiger partial charge on any atom is -0.366 e. The molecule has 1 fully saturated rings. The summed E-state index contributed by atoms with van der Waals surface area (Å²) in [5.74, 6) is 0.314. The molecule has 1 saturated carbocycles. The van der Waals surface area contributed by atoms with Crippen LogP contribution >= 0.6 is 0 Å². The number of benzene rings is 1. The minimum atomic E-state index is -0.445. The third-order valence-electron chi connectivity index (χ3n) is 3.14. The number of carbonyl (C=O) groups excluding carboxylic acids is 2. The van der Waals surface area contributed by atoms with Gasteiger partial charge >= 0.3 is 0 Å². The Morgan fingerprint density at radius 2 is 1.89 bits per heavy atom. The minimum absolute atomic E-state index is 0.0142. The molecule has 1 aliphatic rings. The molecule has 0 spiro atoms. The first kappa shape index (κ1) is 13.5. The van der Waals surface area contributed by atoms with Crippen molar-refractivity contribution in [2.45, 2.75) is 19.4 Å². The van der Waals surface area contributed by atoms with Crippen LogP contribution in [-0.2, 0) is 11.3 Å². The molecule has 1 aromatic rings. The Balaban J connectivity index is 1.68. The van der Waals surface area contributed by atoms with Crippen molar-refractivity contribution < 1.29 is 9.59 Å². The monoisotopic (exact) mass is 261 g/mol. The van der Waals surface area contributed by atoms with Gasteiger partial charge in [0.25, 0.3) is 0 Å². The van der Waals surface area contributed by atoms with Crippen molar-refractivity contribution in [3.63, 3.8) is 0 Å². The third-order valence-corrected chi connectivity index (χ3v) is 3.14. The zero-order valence-corrected chi connectivity index (χ0v) is 10.8. The van der Waals surface area contributed by atoms with Crippen molar-refractivity contribution in [3.05, 3.63) is 35.4 Å². The Bertz CT molecular complexity index is 452. The molecule has 0 bridgehead atoms. The van der Waals surface area contributed by atoms with Gasteiger partial charge in [-0.1, -0.05) is 12.1 Å². The Kier molecular flexibility index (Phi) is 4.52. The summed E-state index contributed by atoms with van der Waals surface area (Å²) in [6.45, 7) is 1.75. The number of rotatable bonds is 7. The fraction of sp³-hybridized carbons (Fsp3) is 0.429. The summed E-state index contributed by atoms with van der Waals surface area (Å²) in [5, 5.41) is 5.96. The van der Waals surface area contributed by atoms with Crippen LogP contribution in [0, 0.1) is 5.92 Å². The summed E-state index contributed by atoms with van der Waals surface area (Å²) in [6.07, 6.45) is 2.56. The average molecular weight is 261 g/mol. The largest absolute Gasteiger partial charge is 0.366 e. The lowest BCUT2D eigenvalue weighted by Gasteiger charge is -2.06. The Hall–Kier alpha value is -1.88. The van der Waals surface area contributed by atoms with Gasteiger partial charge in [0.05, 0.1) is 6.54 Å². The maximum Gasteiger partial charge on any atom is 0.248 e. The number of hydrogen-bond acceptors (Lipinski definition) is 3. The second-order valence-corrected chi connectivity index (χ2v) is 4.91. The number of amides is 2. The zero-order chi connectivity index (χ0) is 13.7. The van der Waals surface area contributed by atoms with Gasteiger partial charge in [-0.25, -0.2) is 0 Å². The molecule has 5 nitrogen and oxygen atoms in total. The van der Waals surface area contributed by atoms with E-state index in [1.165, 1.54) is 12.8 Å². The quantitative estimate of drug-likeness (QED) is 0.664. The first-order chi connectivity index (χ1) is 9.15. The SMILES string of the molecule is NC(=O)c1ccc(CNC(=O)CNCC2CC2)cc1. The lowest BCUT2D eigenvalue weighted by Crippen LogP contribution is -2.34.